The summed E-state index contributed by atoms with van der Waals surface area (Å²) in [5.41, 5.74) is -0.161. The molecule has 0 bridgehead atoms. The summed E-state index contributed by atoms with van der Waals surface area (Å²) in [4.78, 5) is 22.4. The number of nitrogens with one attached hydrogen (secondary N) is 1. The molecular formula is C12H13IN2O4. The van der Waals surface area contributed by atoms with Gasteiger partial charge in [-0.25, -0.2) is 0 Å². The Morgan fingerprint density at radius 2 is 2.32 bits per heavy atom. The first kappa shape index (κ1) is 14.2. The molecule has 1 saturated heterocycles. The van der Waals surface area contributed by atoms with Crippen molar-refractivity contribution in [3.05, 3.63) is 37.4 Å². The van der Waals surface area contributed by atoms with E-state index in [0.29, 0.717) is 22.3 Å². The van der Waals surface area contributed by atoms with Crippen molar-refractivity contribution in [2.45, 2.75) is 18.9 Å². The first-order valence-electron chi connectivity index (χ1n) is 5.75. The van der Waals surface area contributed by atoms with Gasteiger partial charge in [0.25, 0.3) is 11.6 Å². The average molecular weight is 376 g/mol. The fourth-order valence-corrected chi connectivity index (χ4v) is 2.49. The molecule has 0 spiro atoms. The van der Waals surface area contributed by atoms with Gasteiger partial charge < -0.3 is 10.1 Å². The van der Waals surface area contributed by atoms with Crippen LogP contribution >= 0.6 is 22.6 Å². The normalized spacial score (nSPS) is 22.2. The molecule has 102 valence electrons. The Morgan fingerprint density at radius 3 is 2.89 bits per heavy atom. The van der Waals surface area contributed by atoms with Gasteiger partial charge in [0.1, 0.15) is 0 Å². The van der Waals surface area contributed by atoms with Gasteiger partial charge in [0, 0.05) is 22.3 Å². The van der Waals surface area contributed by atoms with Gasteiger partial charge in [-0.15, -0.1) is 0 Å². The molecule has 1 heterocycles. The maximum atomic E-state index is 12.2. The van der Waals surface area contributed by atoms with E-state index in [1.165, 1.54) is 12.1 Å². The minimum atomic E-state index is -0.507. The van der Waals surface area contributed by atoms with Crippen molar-refractivity contribution in [3.8, 4) is 0 Å². The first-order valence-corrected chi connectivity index (χ1v) is 6.83. The van der Waals surface area contributed by atoms with Crippen molar-refractivity contribution >= 4 is 34.2 Å². The summed E-state index contributed by atoms with van der Waals surface area (Å²) in [5, 5.41) is 13.6. The number of nitrogens with zero attached hydrogens (tertiary/aromatic N) is 1. The molecule has 1 fully saturated rings. The van der Waals surface area contributed by atoms with Crippen LogP contribution in [0.5, 0.6) is 0 Å². The average Bonchev–Trinajstić information content (AvgIpc) is 2.75. The third-order valence-corrected chi connectivity index (χ3v) is 3.98. The topological polar surface area (TPSA) is 81.5 Å². The van der Waals surface area contributed by atoms with E-state index in [2.05, 4.69) is 5.32 Å². The third kappa shape index (κ3) is 3.21. The molecule has 1 aliphatic heterocycles. The van der Waals surface area contributed by atoms with E-state index < -0.39 is 10.5 Å². The molecule has 1 aliphatic rings. The molecule has 1 N–H and O–H groups in total. The molecule has 1 atom stereocenters. The molecule has 1 unspecified atom stereocenters. The summed E-state index contributed by atoms with van der Waals surface area (Å²) in [6.07, 6.45) is 0.740. The fraction of sp³-hybridized carbons (Fsp3) is 0.417. The number of ether oxygens (including phenoxy) is 1. The van der Waals surface area contributed by atoms with Gasteiger partial charge in [0.2, 0.25) is 0 Å². The molecule has 1 aromatic carbocycles. The third-order valence-electron chi connectivity index (χ3n) is 3.04. The molecule has 19 heavy (non-hydrogen) atoms. The molecule has 0 aromatic heterocycles. The van der Waals surface area contributed by atoms with Crippen molar-refractivity contribution in [2.75, 3.05) is 13.2 Å². The molecular weight excluding hydrogens is 363 g/mol. The monoisotopic (exact) mass is 376 g/mol. The van der Waals surface area contributed by atoms with Crippen molar-refractivity contribution in [1.29, 1.82) is 0 Å². The quantitative estimate of drug-likeness (QED) is 0.498. The molecule has 6 nitrogen and oxygen atoms in total. The van der Waals surface area contributed by atoms with Gasteiger partial charge in [0.15, 0.2) is 0 Å². The number of non-ortho nitro benzene ring substituents is 1. The van der Waals surface area contributed by atoms with Gasteiger partial charge in [-0.3, -0.25) is 14.9 Å². The van der Waals surface area contributed by atoms with Gasteiger partial charge in [-0.05, 0) is 42.0 Å². The predicted molar refractivity (Wildman–Crippen MR) is 77.1 cm³/mol. The van der Waals surface area contributed by atoms with Crippen LogP contribution in [-0.4, -0.2) is 29.6 Å². The molecule has 0 radical (unpaired) electrons. The first-order chi connectivity index (χ1) is 8.91. The lowest BCUT2D eigenvalue weighted by Gasteiger charge is -2.23. The van der Waals surface area contributed by atoms with Gasteiger partial charge in [-0.1, -0.05) is 0 Å². The zero-order chi connectivity index (χ0) is 14.0. The van der Waals surface area contributed by atoms with Crippen molar-refractivity contribution in [2.24, 2.45) is 0 Å². The number of nitro groups is 1. The molecule has 1 amide bonds. The summed E-state index contributed by atoms with van der Waals surface area (Å²) >= 11 is 1.99. The fourth-order valence-electron chi connectivity index (χ4n) is 1.91. The van der Waals surface area contributed by atoms with E-state index in [1.54, 1.807) is 6.07 Å². The van der Waals surface area contributed by atoms with Crippen LogP contribution in [0.15, 0.2) is 18.2 Å². The Balaban J connectivity index is 2.23. The Hall–Kier alpha value is -1.22. The highest BCUT2D eigenvalue weighted by Crippen LogP contribution is 2.22. The number of benzene rings is 1. The van der Waals surface area contributed by atoms with E-state index in [0.717, 1.165) is 6.42 Å². The minimum absolute atomic E-state index is 0.0848. The van der Waals surface area contributed by atoms with Crippen molar-refractivity contribution in [1.82, 2.24) is 5.32 Å². The Bertz CT molecular complexity index is 526. The number of hydrogen-bond acceptors (Lipinski definition) is 4. The predicted octanol–water partition coefficient (Wildman–Crippen LogP) is 2.11. The largest absolute Gasteiger partial charge is 0.379 e. The summed E-state index contributed by atoms with van der Waals surface area (Å²) in [5.74, 6) is -0.305. The SMILES string of the molecule is CC1(NC(=O)c2cc([N+](=O)[O-])ccc2I)CCOC1. The highest BCUT2D eigenvalue weighted by molar-refractivity contribution is 14.1. The molecule has 7 heteroatoms. The second-order valence-electron chi connectivity index (χ2n) is 4.74. The van der Waals surface area contributed by atoms with E-state index in [4.69, 9.17) is 4.74 Å². The van der Waals surface area contributed by atoms with E-state index >= 15 is 0 Å². The lowest BCUT2D eigenvalue weighted by Crippen LogP contribution is -2.46. The van der Waals surface area contributed by atoms with Crippen LogP contribution < -0.4 is 5.32 Å². The van der Waals surface area contributed by atoms with Gasteiger partial charge in [0.05, 0.1) is 22.6 Å². The van der Waals surface area contributed by atoms with E-state index in [1.807, 2.05) is 29.5 Å². The van der Waals surface area contributed by atoms with E-state index in [-0.39, 0.29) is 11.6 Å². The lowest BCUT2D eigenvalue weighted by atomic mass is 10.0. The zero-order valence-electron chi connectivity index (χ0n) is 10.3. The molecule has 2 rings (SSSR count). The zero-order valence-corrected chi connectivity index (χ0v) is 12.5. The molecule has 0 saturated carbocycles. The summed E-state index contributed by atoms with van der Waals surface area (Å²) in [7, 11) is 0. The number of amides is 1. The smallest absolute Gasteiger partial charge is 0.270 e. The lowest BCUT2D eigenvalue weighted by molar-refractivity contribution is -0.384. The highest BCUT2D eigenvalue weighted by Gasteiger charge is 2.32. The highest BCUT2D eigenvalue weighted by atomic mass is 127. The molecule has 0 aliphatic carbocycles. The van der Waals surface area contributed by atoms with Crippen molar-refractivity contribution < 1.29 is 14.5 Å². The number of hydrogen-bond donors (Lipinski definition) is 1. The second-order valence-corrected chi connectivity index (χ2v) is 5.90. The Morgan fingerprint density at radius 1 is 1.58 bits per heavy atom. The number of nitro benzene ring substituents is 1. The second kappa shape index (κ2) is 5.41. The van der Waals surface area contributed by atoms with Crippen LogP contribution in [-0.2, 0) is 4.74 Å². The van der Waals surface area contributed by atoms with Crippen LogP contribution in [0.4, 0.5) is 5.69 Å². The number of rotatable bonds is 3. The Kier molecular flexibility index (Phi) is 4.04. The van der Waals surface area contributed by atoms with Gasteiger partial charge in [-0.2, -0.15) is 0 Å². The Labute approximate surface area is 123 Å². The van der Waals surface area contributed by atoms with Crippen LogP contribution in [0.25, 0.3) is 0 Å². The van der Waals surface area contributed by atoms with Gasteiger partial charge >= 0.3 is 0 Å². The maximum absolute atomic E-state index is 12.2. The number of halogens is 1. The summed E-state index contributed by atoms with van der Waals surface area (Å²) < 4.78 is 5.95. The van der Waals surface area contributed by atoms with Crippen molar-refractivity contribution in [3.63, 3.8) is 0 Å². The summed E-state index contributed by atoms with van der Waals surface area (Å²) in [6.45, 7) is 2.98. The maximum Gasteiger partial charge on any atom is 0.270 e. The van der Waals surface area contributed by atoms with Crippen LogP contribution in [0.2, 0.25) is 0 Å². The van der Waals surface area contributed by atoms with Crippen LogP contribution in [0, 0.1) is 13.7 Å². The van der Waals surface area contributed by atoms with E-state index in [9.17, 15) is 14.9 Å². The summed E-state index contributed by atoms with van der Waals surface area (Å²) in [6, 6.07) is 4.26. The van der Waals surface area contributed by atoms with Crippen LogP contribution in [0.1, 0.15) is 23.7 Å². The number of carbonyl (C=O) groups excluding carboxylic acids is 1. The number of carbonyl (C=O) groups is 1. The standard InChI is InChI=1S/C12H13IN2O4/c1-12(4-5-19-7-12)14-11(16)9-6-8(15(17)18)2-3-10(9)13/h2-3,6H,4-5,7H2,1H3,(H,14,16). The van der Waals surface area contributed by atoms with Crippen LogP contribution in [0.3, 0.4) is 0 Å². The minimum Gasteiger partial charge on any atom is -0.379 e. The molecule has 1 aromatic rings.